The van der Waals surface area contributed by atoms with E-state index in [0.717, 1.165) is 12.8 Å². The molecule has 0 aromatic carbocycles. The molecule has 0 bridgehead atoms. The van der Waals surface area contributed by atoms with Crippen LogP contribution in [0.5, 0.6) is 0 Å². The van der Waals surface area contributed by atoms with Crippen molar-refractivity contribution >= 4 is 0 Å². The average Bonchev–Trinajstić information content (AvgIpc) is 2.33. The van der Waals surface area contributed by atoms with Gasteiger partial charge in [0.1, 0.15) is 0 Å². The molecule has 1 aliphatic rings. The van der Waals surface area contributed by atoms with E-state index in [0.29, 0.717) is 6.42 Å². The lowest BCUT2D eigenvalue weighted by Gasteiger charge is -2.13. The summed E-state index contributed by atoms with van der Waals surface area (Å²) in [6.45, 7) is 2.23. The van der Waals surface area contributed by atoms with Crippen molar-refractivity contribution in [1.82, 2.24) is 5.32 Å². The normalized spacial score (nSPS) is 37.9. The number of nitrogens with one attached hydrogen (secondary N) is 1. The summed E-state index contributed by atoms with van der Waals surface area (Å²) in [4.78, 5) is 0. The average molecular weight is 159 g/mol. The first-order chi connectivity index (χ1) is 5.27. The van der Waals surface area contributed by atoms with Crippen molar-refractivity contribution in [1.29, 1.82) is 0 Å². The molecule has 1 rings (SSSR count). The monoisotopic (exact) mass is 159 g/mol. The third-order valence-electron chi connectivity index (χ3n) is 2.26. The zero-order valence-electron chi connectivity index (χ0n) is 6.95. The quantitative estimate of drug-likeness (QED) is 0.537. The Morgan fingerprint density at radius 3 is 2.73 bits per heavy atom. The van der Waals surface area contributed by atoms with Gasteiger partial charge in [-0.05, 0) is 12.8 Å². The second-order valence-corrected chi connectivity index (χ2v) is 3.24. The summed E-state index contributed by atoms with van der Waals surface area (Å²) in [6.07, 6.45) is 2.51. The summed E-state index contributed by atoms with van der Waals surface area (Å²) in [5.41, 5.74) is 0. The number of hydrogen-bond acceptors (Lipinski definition) is 3. The lowest BCUT2D eigenvalue weighted by Crippen LogP contribution is -2.34. The van der Waals surface area contributed by atoms with Crippen LogP contribution in [0.2, 0.25) is 0 Å². The summed E-state index contributed by atoms with van der Waals surface area (Å²) >= 11 is 0. The number of rotatable bonds is 3. The summed E-state index contributed by atoms with van der Waals surface area (Å²) in [5.74, 6) is 0. The van der Waals surface area contributed by atoms with Gasteiger partial charge in [-0.3, -0.25) is 0 Å². The minimum atomic E-state index is -0.257. The molecule has 1 heterocycles. The molecule has 1 aliphatic heterocycles. The zero-order valence-corrected chi connectivity index (χ0v) is 6.95. The van der Waals surface area contributed by atoms with Gasteiger partial charge >= 0.3 is 0 Å². The Bertz CT molecular complexity index is 119. The fourth-order valence-corrected chi connectivity index (χ4v) is 1.65. The van der Waals surface area contributed by atoms with Gasteiger partial charge in [-0.25, -0.2) is 0 Å². The Balaban J connectivity index is 2.32. The van der Waals surface area contributed by atoms with Gasteiger partial charge in [-0.15, -0.1) is 0 Å². The minimum Gasteiger partial charge on any atom is -0.395 e. The lowest BCUT2D eigenvalue weighted by atomic mass is 10.1. The van der Waals surface area contributed by atoms with E-state index in [9.17, 15) is 5.11 Å². The van der Waals surface area contributed by atoms with Crippen LogP contribution >= 0.6 is 0 Å². The van der Waals surface area contributed by atoms with E-state index in [1.54, 1.807) is 0 Å². The molecule has 3 atom stereocenters. The lowest BCUT2D eigenvalue weighted by molar-refractivity contribution is 0.152. The van der Waals surface area contributed by atoms with Crippen LogP contribution in [0.1, 0.15) is 26.2 Å². The largest absolute Gasteiger partial charge is 0.395 e. The highest BCUT2D eigenvalue weighted by molar-refractivity contribution is 4.89. The molecule has 3 N–H and O–H groups in total. The molecule has 1 fully saturated rings. The van der Waals surface area contributed by atoms with Gasteiger partial charge in [-0.2, -0.15) is 0 Å². The van der Waals surface area contributed by atoms with E-state index in [4.69, 9.17) is 5.11 Å². The van der Waals surface area contributed by atoms with Crippen LogP contribution in [0.3, 0.4) is 0 Å². The molecule has 3 nitrogen and oxygen atoms in total. The molecule has 0 aliphatic carbocycles. The summed E-state index contributed by atoms with van der Waals surface area (Å²) in [5, 5.41) is 21.4. The molecule has 66 valence electrons. The molecule has 0 aromatic heterocycles. The maximum absolute atomic E-state index is 9.45. The van der Waals surface area contributed by atoms with E-state index >= 15 is 0 Å². The van der Waals surface area contributed by atoms with Gasteiger partial charge in [-0.1, -0.05) is 13.3 Å². The maximum Gasteiger partial charge on any atom is 0.0708 e. The van der Waals surface area contributed by atoms with Gasteiger partial charge in [0.2, 0.25) is 0 Å². The van der Waals surface area contributed by atoms with Crippen LogP contribution in [0, 0.1) is 0 Å². The van der Waals surface area contributed by atoms with Gasteiger partial charge in [0, 0.05) is 12.1 Å². The van der Waals surface area contributed by atoms with E-state index in [-0.39, 0.29) is 24.8 Å². The molecule has 11 heavy (non-hydrogen) atoms. The predicted octanol–water partition coefficient (Wildman–Crippen LogP) is -0.130. The Labute approximate surface area is 67.4 Å². The Kier molecular flexibility index (Phi) is 3.30. The number of hydrogen-bond donors (Lipinski definition) is 3. The van der Waals surface area contributed by atoms with Crippen LogP contribution < -0.4 is 5.32 Å². The standard InChI is InChI=1S/C8H17NO2/c1-2-3-7-8(11)4-6(5-10)9-7/h6-11H,2-5H2,1H3. The predicted molar refractivity (Wildman–Crippen MR) is 43.3 cm³/mol. The Morgan fingerprint density at radius 2 is 2.27 bits per heavy atom. The second kappa shape index (κ2) is 4.04. The first-order valence-corrected chi connectivity index (χ1v) is 4.33. The van der Waals surface area contributed by atoms with Crippen LogP contribution in [0.15, 0.2) is 0 Å². The third kappa shape index (κ3) is 2.15. The molecular formula is C8H17NO2. The van der Waals surface area contributed by atoms with E-state index in [2.05, 4.69) is 12.2 Å². The first kappa shape index (κ1) is 8.97. The van der Waals surface area contributed by atoms with Crippen molar-refractivity contribution in [3.63, 3.8) is 0 Å². The van der Waals surface area contributed by atoms with Crippen molar-refractivity contribution in [2.24, 2.45) is 0 Å². The summed E-state index contributed by atoms with van der Waals surface area (Å²) in [7, 11) is 0. The molecule has 3 heteroatoms. The zero-order chi connectivity index (χ0) is 8.27. The van der Waals surface area contributed by atoms with Crippen molar-refractivity contribution in [2.75, 3.05) is 6.61 Å². The van der Waals surface area contributed by atoms with Gasteiger partial charge in [0.15, 0.2) is 0 Å². The van der Waals surface area contributed by atoms with Gasteiger partial charge in [0.25, 0.3) is 0 Å². The van der Waals surface area contributed by atoms with Crippen molar-refractivity contribution in [3.05, 3.63) is 0 Å². The highest BCUT2D eigenvalue weighted by atomic mass is 16.3. The highest BCUT2D eigenvalue weighted by Gasteiger charge is 2.30. The van der Waals surface area contributed by atoms with E-state index in [1.807, 2.05) is 0 Å². The van der Waals surface area contributed by atoms with Gasteiger partial charge < -0.3 is 15.5 Å². The third-order valence-corrected chi connectivity index (χ3v) is 2.26. The van der Waals surface area contributed by atoms with Crippen LogP contribution in [-0.4, -0.2) is 35.0 Å². The summed E-state index contributed by atoms with van der Waals surface area (Å²) < 4.78 is 0. The Hall–Kier alpha value is -0.120. The molecule has 1 saturated heterocycles. The number of aliphatic hydroxyl groups excluding tert-OH is 2. The SMILES string of the molecule is CCCC1NC(CO)CC1O. The van der Waals surface area contributed by atoms with Crippen LogP contribution in [0.25, 0.3) is 0 Å². The summed E-state index contributed by atoms with van der Waals surface area (Å²) in [6, 6.07) is 0.318. The van der Waals surface area contributed by atoms with E-state index < -0.39 is 0 Å². The molecule has 0 radical (unpaired) electrons. The fourth-order valence-electron chi connectivity index (χ4n) is 1.65. The van der Waals surface area contributed by atoms with Crippen LogP contribution in [0.4, 0.5) is 0 Å². The second-order valence-electron chi connectivity index (χ2n) is 3.24. The van der Waals surface area contributed by atoms with Crippen LogP contribution in [-0.2, 0) is 0 Å². The minimum absolute atomic E-state index is 0.113. The molecular weight excluding hydrogens is 142 g/mol. The first-order valence-electron chi connectivity index (χ1n) is 4.33. The van der Waals surface area contributed by atoms with E-state index in [1.165, 1.54) is 0 Å². The highest BCUT2D eigenvalue weighted by Crippen LogP contribution is 2.16. The van der Waals surface area contributed by atoms with Gasteiger partial charge in [0.05, 0.1) is 12.7 Å². The Morgan fingerprint density at radius 1 is 1.55 bits per heavy atom. The van der Waals surface area contributed by atoms with Crippen molar-refractivity contribution in [2.45, 2.75) is 44.4 Å². The number of aliphatic hydroxyl groups is 2. The molecule has 3 unspecified atom stereocenters. The topological polar surface area (TPSA) is 52.5 Å². The molecule has 0 saturated carbocycles. The van der Waals surface area contributed by atoms with Crippen molar-refractivity contribution in [3.8, 4) is 0 Å². The smallest absolute Gasteiger partial charge is 0.0708 e. The molecule has 0 spiro atoms. The molecule has 0 aromatic rings. The van der Waals surface area contributed by atoms with Crippen molar-refractivity contribution < 1.29 is 10.2 Å². The maximum atomic E-state index is 9.45. The fraction of sp³-hybridized carbons (Fsp3) is 1.00. The molecule has 0 amide bonds.